The van der Waals surface area contributed by atoms with E-state index < -0.39 is 11.9 Å². The second-order valence-electron chi connectivity index (χ2n) is 7.03. The predicted octanol–water partition coefficient (Wildman–Crippen LogP) is 3.71. The summed E-state index contributed by atoms with van der Waals surface area (Å²) in [5.74, 6) is -1.05. The average molecular weight is 260 g/mol. The van der Waals surface area contributed by atoms with Gasteiger partial charge in [-0.2, -0.15) is 0 Å². The fraction of sp³-hybridized carbons (Fsp3) is 0.500. The van der Waals surface area contributed by atoms with E-state index in [1.165, 1.54) is 0 Å². The van der Waals surface area contributed by atoms with Crippen molar-refractivity contribution in [3.05, 3.63) is 34.9 Å². The van der Waals surface area contributed by atoms with Crippen LogP contribution in [0.25, 0.3) is 0 Å². The monoisotopic (exact) mass is 260 g/mol. The summed E-state index contributed by atoms with van der Waals surface area (Å²) < 4.78 is 4.72. The summed E-state index contributed by atoms with van der Waals surface area (Å²) >= 11 is 0. The lowest BCUT2D eigenvalue weighted by Gasteiger charge is -2.33. The zero-order valence-corrected chi connectivity index (χ0v) is 12.2. The van der Waals surface area contributed by atoms with Gasteiger partial charge in [0, 0.05) is 0 Å². The topological polar surface area (TPSA) is 43.4 Å². The van der Waals surface area contributed by atoms with Gasteiger partial charge in [0.05, 0.1) is 11.1 Å². The van der Waals surface area contributed by atoms with Gasteiger partial charge in [-0.25, -0.2) is 9.59 Å². The number of cyclic esters (lactones) is 2. The minimum absolute atomic E-state index is 0.138. The quantitative estimate of drug-likeness (QED) is 0.601. The lowest BCUT2D eigenvalue weighted by Crippen LogP contribution is -2.26. The number of carbonyl (C=O) groups is 2. The molecule has 1 aromatic rings. The number of fused-ring (bicyclic) bond motifs is 1. The first-order valence-electron chi connectivity index (χ1n) is 6.52. The van der Waals surface area contributed by atoms with Gasteiger partial charge in [-0.1, -0.05) is 46.8 Å². The smallest absolute Gasteiger partial charge is 0.347 e. The highest BCUT2D eigenvalue weighted by atomic mass is 16.6. The zero-order valence-electron chi connectivity index (χ0n) is 12.2. The summed E-state index contributed by atoms with van der Waals surface area (Å²) in [6.07, 6.45) is 0.915. The average Bonchev–Trinajstić information content (AvgIpc) is 2.51. The molecule has 0 unspecified atom stereocenters. The number of esters is 2. The van der Waals surface area contributed by atoms with Gasteiger partial charge in [0.25, 0.3) is 0 Å². The Morgan fingerprint density at radius 3 is 2.21 bits per heavy atom. The molecule has 0 bridgehead atoms. The van der Waals surface area contributed by atoms with Gasteiger partial charge in [-0.05, 0) is 28.9 Å². The van der Waals surface area contributed by atoms with Crippen molar-refractivity contribution < 1.29 is 14.3 Å². The largest absolute Gasteiger partial charge is 0.386 e. The summed E-state index contributed by atoms with van der Waals surface area (Å²) in [5, 5.41) is 0. The van der Waals surface area contributed by atoms with E-state index in [1.807, 2.05) is 12.1 Å². The molecule has 1 heterocycles. The normalized spacial score (nSPS) is 15.4. The number of benzene rings is 1. The maximum Gasteiger partial charge on any atom is 0.347 e. The van der Waals surface area contributed by atoms with E-state index in [1.54, 1.807) is 6.07 Å². The van der Waals surface area contributed by atoms with E-state index >= 15 is 0 Å². The number of hydrogen-bond donors (Lipinski definition) is 0. The molecule has 2 rings (SSSR count). The van der Waals surface area contributed by atoms with Crippen molar-refractivity contribution in [2.24, 2.45) is 5.41 Å². The standard InChI is InChI=1S/C16H20O3/c1-15(2,3)9-16(4,5)11-8-6-7-10-12(11)14(18)19-13(10)17/h6-8H,9H2,1-5H3. The van der Waals surface area contributed by atoms with Gasteiger partial charge in [-0.15, -0.1) is 0 Å². The van der Waals surface area contributed by atoms with E-state index in [4.69, 9.17) is 4.74 Å². The minimum atomic E-state index is -0.534. The molecule has 0 fully saturated rings. The van der Waals surface area contributed by atoms with Gasteiger partial charge in [0.15, 0.2) is 0 Å². The third-order valence-electron chi connectivity index (χ3n) is 3.38. The SMILES string of the molecule is CC(C)(C)CC(C)(C)c1cccc2c1C(=O)OC2=O. The van der Waals surface area contributed by atoms with E-state index in [0.717, 1.165) is 12.0 Å². The molecule has 1 aliphatic heterocycles. The fourth-order valence-corrected chi connectivity index (χ4v) is 3.12. The van der Waals surface area contributed by atoms with Crippen molar-refractivity contribution in [1.82, 2.24) is 0 Å². The number of carbonyl (C=O) groups excluding carboxylic acids is 2. The molecule has 0 N–H and O–H groups in total. The van der Waals surface area contributed by atoms with E-state index in [0.29, 0.717) is 11.1 Å². The summed E-state index contributed by atoms with van der Waals surface area (Å²) in [6.45, 7) is 10.7. The Morgan fingerprint density at radius 2 is 1.63 bits per heavy atom. The Labute approximate surface area is 114 Å². The van der Waals surface area contributed by atoms with Crippen molar-refractivity contribution in [2.75, 3.05) is 0 Å². The third kappa shape index (κ3) is 2.55. The van der Waals surface area contributed by atoms with E-state index in [-0.39, 0.29) is 10.8 Å². The molecule has 3 heteroatoms. The van der Waals surface area contributed by atoms with Crippen molar-refractivity contribution in [3.63, 3.8) is 0 Å². The van der Waals surface area contributed by atoms with Crippen LogP contribution in [0.5, 0.6) is 0 Å². The second-order valence-corrected chi connectivity index (χ2v) is 7.03. The van der Waals surface area contributed by atoms with Crippen LogP contribution in [0.15, 0.2) is 18.2 Å². The molecule has 0 aliphatic carbocycles. The molecule has 3 nitrogen and oxygen atoms in total. The predicted molar refractivity (Wildman–Crippen MR) is 73.3 cm³/mol. The van der Waals surface area contributed by atoms with Gasteiger partial charge in [-0.3, -0.25) is 0 Å². The summed E-state index contributed by atoms with van der Waals surface area (Å²) in [7, 11) is 0. The molecule has 0 aromatic heterocycles. The summed E-state index contributed by atoms with van der Waals surface area (Å²) in [5.41, 5.74) is 1.69. The van der Waals surface area contributed by atoms with Crippen LogP contribution in [0.4, 0.5) is 0 Å². The summed E-state index contributed by atoms with van der Waals surface area (Å²) in [4.78, 5) is 23.5. The Bertz CT molecular complexity index is 548. The molecule has 0 saturated heterocycles. The fourth-order valence-electron chi connectivity index (χ4n) is 3.12. The van der Waals surface area contributed by atoms with Crippen molar-refractivity contribution in [3.8, 4) is 0 Å². The first-order valence-corrected chi connectivity index (χ1v) is 6.52. The van der Waals surface area contributed by atoms with Crippen LogP contribution >= 0.6 is 0 Å². The molecular formula is C16H20O3. The molecular weight excluding hydrogens is 240 g/mol. The Kier molecular flexibility index (Phi) is 3.04. The first-order chi connectivity index (χ1) is 8.62. The molecule has 1 aromatic carbocycles. The first kappa shape index (κ1) is 13.8. The second kappa shape index (κ2) is 4.19. The zero-order chi connectivity index (χ0) is 14.4. The molecule has 102 valence electrons. The van der Waals surface area contributed by atoms with Gasteiger partial charge >= 0.3 is 11.9 Å². The van der Waals surface area contributed by atoms with Gasteiger partial charge < -0.3 is 4.74 Å². The maximum atomic E-state index is 11.9. The molecule has 19 heavy (non-hydrogen) atoms. The van der Waals surface area contributed by atoms with Crippen molar-refractivity contribution in [1.29, 1.82) is 0 Å². The maximum absolute atomic E-state index is 11.9. The van der Waals surface area contributed by atoms with E-state index in [2.05, 4.69) is 34.6 Å². The highest BCUT2D eigenvalue weighted by Crippen LogP contribution is 2.39. The van der Waals surface area contributed by atoms with Crippen LogP contribution < -0.4 is 0 Å². The van der Waals surface area contributed by atoms with Crippen LogP contribution in [0.1, 0.15) is 67.3 Å². The van der Waals surface area contributed by atoms with E-state index in [9.17, 15) is 9.59 Å². The molecule has 0 radical (unpaired) electrons. The Hall–Kier alpha value is -1.64. The third-order valence-corrected chi connectivity index (χ3v) is 3.38. The van der Waals surface area contributed by atoms with Gasteiger partial charge in [0.1, 0.15) is 0 Å². The molecule has 1 aliphatic rings. The number of hydrogen-bond acceptors (Lipinski definition) is 3. The number of rotatable bonds is 2. The lowest BCUT2D eigenvalue weighted by molar-refractivity contribution is 0.0442. The van der Waals surface area contributed by atoms with Crippen molar-refractivity contribution >= 4 is 11.9 Å². The molecule has 0 spiro atoms. The van der Waals surface area contributed by atoms with Gasteiger partial charge in [0.2, 0.25) is 0 Å². The highest BCUT2D eigenvalue weighted by Gasteiger charge is 2.37. The van der Waals surface area contributed by atoms with Crippen LogP contribution in [-0.4, -0.2) is 11.9 Å². The Morgan fingerprint density at radius 1 is 1.00 bits per heavy atom. The minimum Gasteiger partial charge on any atom is -0.386 e. The Balaban J connectivity index is 2.53. The molecule has 0 amide bonds. The highest BCUT2D eigenvalue weighted by molar-refractivity contribution is 6.15. The van der Waals surface area contributed by atoms with Crippen LogP contribution in [0, 0.1) is 5.41 Å². The number of ether oxygens (including phenoxy) is 1. The molecule has 0 atom stereocenters. The van der Waals surface area contributed by atoms with Crippen LogP contribution in [-0.2, 0) is 10.2 Å². The molecule has 0 saturated carbocycles. The van der Waals surface area contributed by atoms with Crippen LogP contribution in [0.2, 0.25) is 0 Å². The summed E-state index contributed by atoms with van der Waals surface area (Å²) in [6, 6.07) is 5.39. The van der Waals surface area contributed by atoms with Crippen LogP contribution in [0.3, 0.4) is 0 Å². The van der Waals surface area contributed by atoms with Crippen molar-refractivity contribution in [2.45, 2.75) is 46.5 Å². The lowest BCUT2D eigenvalue weighted by atomic mass is 9.70.